The van der Waals surface area contributed by atoms with Crippen molar-refractivity contribution in [1.82, 2.24) is 5.32 Å². The topological polar surface area (TPSA) is 69.9 Å². The smallest absolute Gasteiger partial charge is 0.244 e. The SMILES string of the molecule is CCOc1cc2occ(-c3ccc(OC)c(OC)c3)c2cc1/C(C)=C/C(=O)NCc1ccc(F)cc1. The number of methoxy groups -OCH3 is 2. The summed E-state index contributed by atoms with van der Waals surface area (Å²) in [5.41, 5.74) is 4.77. The molecule has 0 saturated carbocycles. The van der Waals surface area contributed by atoms with Crippen LogP contribution < -0.4 is 19.5 Å². The van der Waals surface area contributed by atoms with Gasteiger partial charge in [0.2, 0.25) is 5.91 Å². The Morgan fingerprint density at radius 3 is 2.44 bits per heavy atom. The Morgan fingerprint density at radius 2 is 1.75 bits per heavy atom. The minimum absolute atomic E-state index is 0.258. The molecule has 1 amide bonds. The number of hydrogen-bond acceptors (Lipinski definition) is 5. The molecule has 0 fully saturated rings. The number of allylic oxidation sites excluding steroid dienone is 1. The molecule has 0 aliphatic carbocycles. The van der Waals surface area contributed by atoms with Crippen LogP contribution in [0.25, 0.3) is 27.7 Å². The lowest BCUT2D eigenvalue weighted by atomic mass is 9.99. The van der Waals surface area contributed by atoms with Crippen LogP contribution in [-0.4, -0.2) is 26.7 Å². The van der Waals surface area contributed by atoms with E-state index in [0.29, 0.717) is 36.0 Å². The van der Waals surface area contributed by atoms with Gasteiger partial charge in [0.25, 0.3) is 0 Å². The monoisotopic (exact) mass is 489 g/mol. The van der Waals surface area contributed by atoms with Crippen LogP contribution in [0.15, 0.2) is 71.4 Å². The third-order valence-corrected chi connectivity index (χ3v) is 5.82. The minimum Gasteiger partial charge on any atom is -0.493 e. The summed E-state index contributed by atoms with van der Waals surface area (Å²) < 4.78 is 35.6. The predicted molar refractivity (Wildman–Crippen MR) is 138 cm³/mol. The number of benzene rings is 3. The van der Waals surface area contributed by atoms with E-state index in [0.717, 1.165) is 33.2 Å². The number of carbonyl (C=O) groups is 1. The Morgan fingerprint density at radius 1 is 1.00 bits per heavy atom. The molecule has 0 radical (unpaired) electrons. The Hall–Kier alpha value is -4.26. The van der Waals surface area contributed by atoms with Crippen LogP contribution in [-0.2, 0) is 11.3 Å². The van der Waals surface area contributed by atoms with Crippen LogP contribution in [0.2, 0.25) is 0 Å². The van der Waals surface area contributed by atoms with Gasteiger partial charge in [0, 0.05) is 35.2 Å². The maximum atomic E-state index is 13.1. The van der Waals surface area contributed by atoms with E-state index in [1.807, 2.05) is 44.2 Å². The van der Waals surface area contributed by atoms with Gasteiger partial charge in [0.05, 0.1) is 27.1 Å². The maximum absolute atomic E-state index is 13.1. The van der Waals surface area contributed by atoms with E-state index in [9.17, 15) is 9.18 Å². The molecule has 0 unspecified atom stereocenters. The summed E-state index contributed by atoms with van der Waals surface area (Å²) >= 11 is 0. The van der Waals surface area contributed by atoms with Gasteiger partial charge in [-0.2, -0.15) is 0 Å². The Bertz CT molecular complexity index is 1410. The summed E-state index contributed by atoms with van der Waals surface area (Å²) in [6, 6.07) is 15.5. The molecule has 186 valence electrons. The van der Waals surface area contributed by atoms with Gasteiger partial charge in [0.15, 0.2) is 11.5 Å². The van der Waals surface area contributed by atoms with Crippen LogP contribution in [0.5, 0.6) is 17.2 Å². The van der Waals surface area contributed by atoms with Crippen molar-refractivity contribution < 1.29 is 27.8 Å². The van der Waals surface area contributed by atoms with E-state index in [4.69, 9.17) is 18.6 Å². The average Bonchev–Trinajstić information content (AvgIpc) is 3.30. The summed E-state index contributed by atoms with van der Waals surface area (Å²) in [7, 11) is 3.19. The van der Waals surface area contributed by atoms with E-state index in [-0.39, 0.29) is 11.7 Å². The molecule has 0 atom stereocenters. The van der Waals surface area contributed by atoms with Crippen molar-refractivity contribution in [3.63, 3.8) is 0 Å². The molecule has 4 aromatic rings. The van der Waals surface area contributed by atoms with Crippen LogP contribution in [0.4, 0.5) is 4.39 Å². The molecule has 0 aliphatic rings. The lowest BCUT2D eigenvalue weighted by molar-refractivity contribution is -0.116. The van der Waals surface area contributed by atoms with E-state index < -0.39 is 0 Å². The summed E-state index contributed by atoms with van der Waals surface area (Å²) in [6.45, 7) is 4.52. The highest BCUT2D eigenvalue weighted by atomic mass is 19.1. The highest BCUT2D eigenvalue weighted by molar-refractivity contribution is 6.00. The Labute approximate surface area is 209 Å². The summed E-state index contributed by atoms with van der Waals surface area (Å²) in [6.07, 6.45) is 3.23. The van der Waals surface area contributed by atoms with Gasteiger partial charge in [-0.3, -0.25) is 4.79 Å². The van der Waals surface area contributed by atoms with Crippen molar-refractivity contribution in [2.45, 2.75) is 20.4 Å². The minimum atomic E-state index is -0.314. The zero-order valence-electron chi connectivity index (χ0n) is 20.7. The van der Waals surface area contributed by atoms with Crippen molar-refractivity contribution in [3.05, 3.63) is 83.9 Å². The first-order valence-electron chi connectivity index (χ1n) is 11.5. The van der Waals surface area contributed by atoms with E-state index in [1.54, 1.807) is 32.6 Å². The lowest BCUT2D eigenvalue weighted by Gasteiger charge is -2.12. The zero-order chi connectivity index (χ0) is 25.7. The third-order valence-electron chi connectivity index (χ3n) is 5.82. The fourth-order valence-electron chi connectivity index (χ4n) is 3.98. The van der Waals surface area contributed by atoms with Gasteiger partial charge in [-0.05, 0) is 60.9 Å². The van der Waals surface area contributed by atoms with Gasteiger partial charge in [0.1, 0.15) is 17.1 Å². The second kappa shape index (κ2) is 11.0. The molecular formula is C29H28FNO5. The van der Waals surface area contributed by atoms with Crippen LogP contribution >= 0.6 is 0 Å². The standard InChI is InChI=1S/C29H28FNO5/c1-5-35-26-15-27-23(24(17-36-27)20-8-11-25(33-3)28(13-20)34-4)14-22(26)18(2)12-29(32)31-16-19-6-9-21(30)10-7-19/h6-15,17H,5,16H2,1-4H3,(H,31,32)/b18-12+. The molecule has 1 heterocycles. The van der Waals surface area contributed by atoms with Crippen LogP contribution in [0, 0.1) is 5.82 Å². The molecule has 0 aliphatic heterocycles. The first-order valence-corrected chi connectivity index (χ1v) is 11.5. The molecule has 1 aromatic heterocycles. The van der Waals surface area contributed by atoms with E-state index in [2.05, 4.69) is 5.32 Å². The number of carbonyl (C=O) groups excluding carboxylic acids is 1. The molecular weight excluding hydrogens is 461 g/mol. The van der Waals surface area contributed by atoms with Crippen molar-refractivity contribution in [3.8, 4) is 28.4 Å². The van der Waals surface area contributed by atoms with Gasteiger partial charge in [-0.15, -0.1) is 0 Å². The second-order valence-electron chi connectivity index (χ2n) is 8.17. The fourth-order valence-corrected chi connectivity index (χ4v) is 3.98. The number of fused-ring (bicyclic) bond motifs is 1. The Kier molecular flexibility index (Phi) is 7.59. The third kappa shape index (κ3) is 5.35. The molecule has 4 rings (SSSR count). The molecule has 0 spiro atoms. The first kappa shape index (κ1) is 24.9. The normalized spacial score (nSPS) is 11.4. The second-order valence-corrected chi connectivity index (χ2v) is 8.17. The molecule has 6 nitrogen and oxygen atoms in total. The number of ether oxygens (including phenoxy) is 3. The number of amides is 1. The fraction of sp³-hybridized carbons (Fsp3) is 0.207. The van der Waals surface area contributed by atoms with Gasteiger partial charge >= 0.3 is 0 Å². The van der Waals surface area contributed by atoms with Crippen molar-refractivity contribution in [1.29, 1.82) is 0 Å². The number of nitrogens with one attached hydrogen (secondary N) is 1. The predicted octanol–water partition coefficient (Wildman–Crippen LogP) is 6.37. The molecule has 36 heavy (non-hydrogen) atoms. The average molecular weight is 490 g/mol. The summed E-state index contributed by atoms with van der Waals surface area (Å²) in [5.74, 6) is 1.31. The van der Waals surface area contributed by atoms with E-state index >= 15 is 0 Å². The first-order chi connectivity index (χ1) is 17.4. The maximum Gasteiger partial charge on any atom is 0.244 e. The molecule has 7 heteroatoms. The van der Waals surface area contributed by atoms with Gasteiger partial charge in [-0.25, -0.2) is 4.39 Å². The van der Waals surface area contributed by atoms with Crippen molar-refractivity contribution in [2.75, 3.05) is 20.8 Å². The zero-order valence-corrected chi connectivity index (χ0v) is 20.7. The van der Waals surface area contributed by atoms with Crippen LogP contribution in [0.3, 0.4) is 0 Å². The molecule has 0 bridgehead atoms. The highest BCUT2D eigenvalue weighted by Crippen LogP contribution is 2.40. The van der Waals surface area contributed by atoms with E-state index in [1.165, 1.54) is 18.2 Å². The van der Waals surface area contributed by atoms with Gasteiger partial charge < -0.3 is 23.9 Å². The van der Waals surface area contributed by atoms with Crippen molar-refractivity contribution in [2.24, 2.45) is 0 Å². The number of hydrogen-bond donors (Lipinski definition) is 1. The molecule has 0 saturated heterocycles. The number of furan rings is 1. The molecule has 3 aromatic carbocycles. The molecule has 1 N–H and O–H groups in total. The Balaban J connectivity index is 1.67. The largest absolute Gasteiger partial charge is 0.493 e. The van der Waals surface area contributed by atoms with Gasteiger partial charge in [-0.1, -0.05) is 18.2 Å². The number of halogens is 1. The quantitative estimate of drug-likeness (QED) is 0.277. The number of rotatable bonds is 9. The lowest BCUT2D eigenvalue weighted by Crippen LogP contribution is -2.20. The van der Waals surface area contributed by atoms with Crippen LogP contribution in [0.1, 0.15) is 25.0 Å². The highest BCUT2D eigenvalue weighted by Gasteiger charge is 2.16. The summed E-state index contributed by atoms with van der Waals surface area (Å²) in [4.78, 5) is 12.6. The summed E-state index contributed by atoms with van der Waals surface area (Å²) in [5, 5.41) is 3.72. The van der Waals surface area contributed by atoms with Crippen molar-refractivity contribution >= 4 is 22.4 Å².